The van der Waals surface area contributed by atoms with Crippen LogP contribution >= 0.6 is 0 Å². The van der Waals surface area contributed by atoms with Crippen LogP contribution in [0.3, 0.4) is 0 Å². The standard InChI is InChI=1S/C23H22FN3O3/c1-4-27-17-7-5-6-16(21(29)30)18(17)20(28)23(2,22-25-12-13-26(22)3)19(27)14-8-10-15(24)11-9-14/h5-13,19H,4H2,1-3H3,(H,29,30). The van der Waals surface area contributed by atoms with Gasteiger partial charge in [0.2, 0.25) is 0 Å². The quantitative estimate of drug-likeness (QED) is 0.708. The van der Waals surface area contributed by atoms with Crippen molar-refractivity contribution >= 4 is 17.4 Å². The van der Waals surface area contributed by atoms with Gasteiger partial charge in [0.15, 0.2) is 5.78 Å². The maximum Gasteiger partial charge on any atom is 0.336 e. The van der Waals surface area contributed by atoms with Crippen LogP contribution in [0.4, 0.5) is 10.1 Å². The van der Waals surface area contributed by atoms with E-state index in [4.69, 9.17) is 0 Å². The molecule has 1 N–H and O–H groups in total. The predicted octanol–water partition coefficient (Wildman–Crippen LogP) is 3.98. The summed E-state index contributed by atoms with van der Waals surface area (Å²) in [5.41, 5.74) is 0.265. The zero-order valence-corrected chi connectivity index (χ0v) is 17.0. The summed E-state index contributed by atoms with van der Waals surface area (Å²) in [6.07, 6.45) is 3.37. The van der Waals surface area contributed by atoms with Crippen molar-refractivity contribution in [3.05, 3.63) is 83.2 Å². The lowest BCUT2D eigenvalue weighted by Gasteiger charge is -2.48. The van der Waals surface area contributed by atoms with Crippen LogP contribution in [0.2, 0.25) is 0 Å². The highest BCUT2D eigenvalue weighted by molar-refractivity contribution is 6.16. The molecule has 4 rings (SSSR count). The van der Waals surface area contributed by atoms with Gasteiger partial charge in [-0.25, -0.2) is 14.2 Å². The van der Waals surface area contributed by atoms with E-state index in [1.807, 2.05) is 11.8 Å². The number of hydrogen-bond donors (Lipinski definition) is 1. The minimum absolute atomic E-state index is 0.0334. The molecule has 154 valence electrons. The van der Waals surface area contributed by atoms with E-state index in [9.17, 15) is 19.1 Å². The number of aryl methyl sites for hydroxylation is 1. The third-order valence-corrected chi connectivity index (χ3v) is 5.95. The Labute approximate surface area is 173 Å². The SMILES string of the molecule is CCN1c2cccc(C(=O)O)c2C(=O)C(C)(c2nccn2C)C1c1ccc(F)cc1. The summed E-state index contributed by atoms with van der Waals surface area (Å²) >= 11 is 0. The van der Waals surface area contributed by atoms with E-state index in [0.717, 1.165) is 5.56 Å². The second-order valence-corrected chi connectivity index (χ2v) is 7.64. The van der Waals surface area contributed by atoms with Gasteiger partial charge in [-0.2, -0.15) is 0 Å². The molecule has 0 radical (unpaired) electrons. The summed E-state index contributed by atoms with van der Waals surface area (Å²) in [5.74, 6) is -1.31. The minimum Gasteiger partial charge on any atom is -0.478 e. The number of carboxylic acid groups (broad SMARTS) is 1. The molecule has 1 aromatic heterocycles. The number of anilines is 1. The van der Waals surface area contributed by atoms with E-state index in [1.165, 1.54) is 18.2 Å². The Balaban J connectivity index is 2.08. The molecule has 0 aliphatic carbocycles. The normalized spacial score (nSPS) is 20.9. The Morgan fingerprint density at radius 1 is 1.23 bits per heavy atom. The molecule has 2 unspecified atom stereocenters. The number of ketones is 1. The zero-order chi connectivity index (χ0) is 21.6. The van der Waals surface area contributed by atoms with Crippen LogP contribution in [-0.4, -0.2) is 33.0 Å². The van der Waals surface area contributed by atoms with Gasteiger partial charge in [-0.1, -0.05) is 18.2 Å². The van der Waals surface area contributed by atoms with E-state index in [0.29, 0.717) is 18.1 Å². The molecule has 0 saturated carbocycles. The van der Waals surface area contributed by atoms with E-state index in [-0.39, 0.29) is 22.7 Å². The number of halogens is 1. The highest BCUT2D eigenvalue weighted by Crippen LogP contribution is 2.50. The molecular formula is C23H22FN3O3. The van der Waals surface area contributed by atoms with Crippen LogP contribution in [0.5, 0.6) is 0 Å². The lowest BCUT2D eigenvalue weighted by Crippen LogP contribution is -2.53. The fourth-order valence-electron chi connectivity index (χ4n) is 4.63. The van der Waals surface area contributed by atoms with Gasteiger partial charge in [0.05, 0.1) is 17.2 Å². The third-order valence-electron chi connectivity index (χ3n) is 5.95. The summed E-state index contributed by atoms with van der Waals surface area (Å²) in [4.78, 5) is 32.4. The zero-order valence-electron chi connectivity index (χ0n) is 17.0. The number of likely N-dealkylation sites (N-methyl/N-ethyl adjacent to an activating group) is 1. The molecule has 0 bridgehead atoms. The predicted molar refractivity (Wildman–Crippen MR) is 110 cm³/mol. The average molecular weight is 407 g/mol. The number of aromatic carboxylic acids is 1. The van der Waals surface area contributed by atoms with Crippen LogP contribution in [-0.2, 0) is 12.5 Å². The number of aromatic nitrogens is 2. The highest BCUT2D eigenvalue weighted by atomic mass is 19.1. The number of imidazole rings is 1. The fraction of sp³-hybridized carbons (Fsp3) is 0.261. The number of benzene rings is 2. The Hall–Kier alpha value is -3.48. The van der Waals surface area contributed by atoms with Gasteiger partial charge in [0.1, 0.15) is 17.1 Å². The van der Waals surface area contributed by atoms with Crippen LogP contribution in [0.15, 0.2) is 54.9 Å². The first kappa shape index (κ1) is 19.8. The summed E-state index contributed by atoms with van der Waals surface area (Å²) < 4.78 is 15.4. The first-order valence-electron chi connectivity index (χ1n) is 9.71. The Bertz CT molecular complexity index is 1140. The second kappa shape index (κ2) is 7.09. The third kappa shape index (κ3) is 2.73. The lowest BCUT2D eigenvalue weighted by atomic mass is 9.67. The largest absolute Gasteiger partial charge is 0.478 e. The topological polar surface area (TPSA) is 75.4 Å². The van der Waals surface area contributed by atoms with Crippen molar-refractivity contribution < 1.29 is 19.1 Å². The number of carbonyl (C=O) groups excluding carboxylic acids is 1. The van der Waals surface area contributed by atoms with Crippen molar-refractivity contribution in [3.63, 3.8) is 0 Å². The molecule has 0 saturated heterocycles. The second-order valence-electron chi connectivity index (χ2n) is 7.64. The Kier molecular flexibility index (Phi) is 4.68. The van der Waals surface area contributed by atoms with Gasteiger partial charge in [0, 0.05) is 31.7 Å². The molecule has 2 atom stereocenters. The fourth-order valence-corrected chi connectivity index (χ4v) is 4.63. The average Bonchev–Trinajstić information content (AvgIpc) is 3.17. The van der Waals surface area contributed by atoms with Gasteiger partial charge in [-0.3, -0.25) is 4.79 Å². The van der Waals surface area contributed by atoms with Gasteiger partial charge in [0.25, 0.3) is 0 Å². The minimum atomic E-state index is -1.19. The number of rotatable bonds is 4. The van der Waals surface area contributed by atoms with Crippen LogP contribution in [0.25, 0.3) is 0 Å². The molecule has 1 aliphatic heterocycles. The number of hydrogen-bond acceptors (Lipinski definition) is 4. The number of carbonyl (C=O) groups is 2. The molecule has 0 spiro atoms. The van der Waals surface area contributed by atoms with Crippen molar-refractivity contribution in [3.8, 4) is 0 Å². The van der Waals surface area contributed by atoms with Crippen molar-refractivity contribution in [1.82, 2.24) is 9.55 Å². The van der Waals surface area contributed by atoms with Crippen LogP contribution in [0, 0.1) is 5.82 Å². The molecule has 1 aliphatic rings. The smallest absolute Gasteiger partial charge is 0.336 e. The highest BCUT2D eigenvalue weighted by Gasteiger charge is 2.54. The Morgan fingerprint density at radius 3 is 2.50 bits per heavy atom. The van der Waals surface area contributed by atoms with Crippen LogP contribution < -0.4 is 4.90 Å². The maximum absolute atomic E-state index is 14.0. The molecule has 0 fully saturated rings. The summed E-state index contributed by atoms with van der Waals surface area (Å²) in [6.45, 7) is 4.25. The molecule has 7 heteroatoms. The van der Waals surface area contributed by atoms with E-state index < -0.39 is 17.4 Å². The van der Waals surface area contributed by atoms with E-state index in [2.05, 4.69) is 4.98 Å². The lowest BCUT2D eigenvalue weighted by molar-refractivity contribution is 0.0686. The number of Topliss-reactive ketones (excluding diaryl/α,β-unsaturated/α-hetero) is 1. The molecule has 2 aromatic carbocycles. The molecule has 2 heterocycles. The van der Waals surface area contributed by atoms with Crippen molar-refractivity contribution in [2.45, 2.75) is 25.3 Å². The molecule has 6 nitrogen and oxygen atoms in total. The monoisotopic (exact) mass is 407 g/mol. The number of fused-ring (bicyclic) bond motifs is 1. The van der Waals surface area contributed by atoms with Gasteiger partial charge < -0.3 is 14.6 Å². The summed E-state index contributed by atoms with van der Waals surface area (Å²) in [6, 6.07) is 10.4. The molecule has 0 amide bonds. The molecule has 3 aromatic rings. The first-order valence-corrected chi connectivity index (χ1v) is 9.71. The van der Waals surface area contributed by atoms with Crippen molar-refractivity contribution in [2.75, 3.05) is 11.4 Å². The van der Waals surface area contributed by atoms with Crippen molar-refractivity contribution in [2.24, 2.45) is 7.05 Å². The van der Waals surface area contributed by atoms with Gasteiger partial charge in [-0.15, -0.1) is 0 Å². The van der Waals surface area contributed by atoms with Gasteiger partial charge in [-0.05, 0) is 43.7 Å². The number of nitrogens with zero attached hydrogens (tertiary/aromatic N) is 3. The van der Waals surface area contributed by atoms with Crippen LogP contribution in [0.1, 0.15) is 52.0 Å². The summed E-state index contributed by atoms with van der Waals surface area (Å²) in [7, 11) is 1.80. The number of carboxylic acids is 1. The maximum atomic E-state index is 14.0. The molecular weight excluding hydrogens is 385 g/mol. The summed E-state index contributed by atoms with van der Waals surface area (Å²) in [5, 5.41) is 9.75. The van der Waals surface area contributed by atoms with E-state index in [1.54, 1.807) is 55.2 Å². The van der Waals surface area contributed by atoms with Gasteiger partial charge >= 0.3 is 5.97 Å². The van der Waals surface area contributed by atoms with Crippen molar-refractivity contribution in [1.29, 1.82) is 0 Å². The Morgan fingerprint density at radius 2 is 1.93 bits per heavy atom. The first-order chi connectivity index (χ1) is 14.3. The van der Waals surface area contributed by atoms with E-state index >= 15 is 0 Å². The molecule has 30 heavy (non-hydrogen) atoms.